The van der Waals surface area contributed by atoms with Crippen LogP contribution in [0.5, 0.6) is 0 Å². The number of aromatic carboxylic acids is 1. The first-order valence-corrected chi connectivity index (χ1v) is 3.90. The number of hydrogen-bond donors (Lipinski definition) is 1. The molecule has 1 aromatic heterocycles. The molecule has 0 saturated heterocycles. The van der Waals surface area contributed by atoms with Crippen LogP contribution in [0, 0.1) is 0 Å². The van der Waals surface area contributed by atoms with Crippen LogP contribution < -0.4 is 0 Å². The maximum Gasteiger partial charge on any atom is 0.338 e. The number of nitrogens with zero attached hydrogens (tertiary/aromatic N) is 1. The minimum atomic E-state index is -1.19. The standard InChI is InChI=1S/C6H2Cl3NO2.Au/c7-3-1-2(6(11)12)4(8)10-5(3)9;/h1H,(H,11,12);. The van der Waals surface area contributed by atoms with Crippen LogP contribution in [0.15, 0.2) is 6.07 Å². The van der Waals surface area contributed by atoms with Gasteiger partial charge in [-0.3, -0.25) is 0 Å². The number of carboxylic acids is 1. The zero-order valence-corrected chi connectivity index (χ0v) is 10.2. The molecule has 0 spiro atoms. The molecule has 7 heteroatoms. The average Bonchev–Trinajstić information content (AvgIpc) is 1.96. The van der Waals surface area contributed by atoms with Gasteiger partial charge in [0.2, 0.25) is 0 Å². The van der Waals surface area contributed by atoms with E-state index in [1.54, 1.807) is 0 Å². The summed E-state index contributed by atoms with van der Waals surface area (Å²) in [5.74, 6) is -1.19. The van der Waals surface area contributed by atoms with E-state index < -0.39 is 5.97 Å². The van der Waals surface area contributed by atoms with E-state index in [0.29, 0.717) is 0 Å². The van der Waals surface area contributed by atoms with E-state index in [-0.39, 0.29) is 43.3 Å². The minimum absolute atomic E-state index is 0. The first-order chi connectivity index (χ1) is 5.52. The molecule has 0 aliphatic rings. The fourth-order valence-corrected chi connectivity index (χ4v) is 1.15. The van der Waals surface area contributed by atoms with Crippen LogP contribution in [0.1, 0.15) is 10.4 Å². The largest absolute Gasteiger partial charge is 0.478 e. The van der Waals surface area contributed by atoms with Crippen LogP contribution in [-0.4, -0.2) is 16.1 Å². The predicted molar refractivity (Wildman–Crippen MR) is 46.2 cm³/mol. The van der Waals surface area contributed by atoms with E-state index in [1.807, 2.05) is 0 Å². The Morgan fingerprint density at radius 3 is 2.31 bits per heavy atom. The van der Waals surface area contributed by atoms with Crippen LogP contribution in [0.3, 0.4) is 0 Å². The normalized spacial score (nSPS) is 9.15. The Morgan fingerprint density at radius 1 is 1.31 bits per heavy atom. The molecule has 0 aliphatic carbocycles. The van der Waals surface area contributed by atoms with Crippen molar-refractivity contribution in [2.75, 3.05) is 0 Å². The fraction of sp³-hybridized carbons (Fsp3) is 0. The number of rotatable bonds is 1. The molecule has 1 aromatic rings. The summed E-state index contributed by atoms with van der Waals surface area (Å²) in [7, 11) is 0. The number of carboxylic acid groups (broad SMARTS) is 1. The third kappa shape index (κ3) is 3.13. The molecule has 0 unspecified atom stereocenters. The third-order valence-electron chi connectivity index (χ3n) is 1.12. The molecule has 13 heavy (non-hydrogen) atoms. The van der Waals surface area contributed by atoms with E-state index in [4.69, 9.17) is 39.9 Å². The van der Waals surface area contributed by atoms with Gasteiger partial charge in [-0.05, 0) is 6.07 Å². The quantitative estimate of drug-likeness (QED) is 0.558. The van der Waals surface area contributed by atoms with E-state index >= 15 is 0 Å². The van der Waals surface area contributed by atoms with Crippen molar-refractivity contribution < 1.29 is 32.3 Å². The molecule has 3 nitrogen and oxygen atoms in total. The molecule has 0 aromatic carbocycles. The zero-order chi connectivity index (χ0) is 9.30. The topological polar surface area (TPSA) is 50.2 Å². The van der Waals surface area contributed by atoms with E-state index in [1.165, 1.54) is 0 Å². The molecule has 1 heterocycles. The van der Waals surface area contributed by atoms with Gasteiger partial charge in [0, 0.05) is 22.4 Å². The van der Waals surface area contributed by atoms with Crippen LogP contribution in [0.4, 0.5) is 0 Å². The van der Waals surface area contributed by atoms with Gasteiger partial charge in [0.25, 0.3) is 0 Å². The van der Waals surface area contributed by atoms with Gasteiger partial charge < -0.3 is 5.11 Å². The first kappa shape index (κ1) is 13.2. The molecule has 0 fully saturated rings. The molecule has 1 radical (unpaired) electrons. The second-order valence-corrected chi connectivity index (χ2v) is 3.03. The summed E-state index contributed by atoms with van der Waals surface area (Å²) in [5, 5.41) is 8.45. The van der Waals surface area contributed by atoms with Crippen molar-refractivity contribution >= 4 is 40.8 Å². The number of carbonyl (C=O) groups is 1. The Kier molecular flexibility index (Phi) is 5.29. The summed E-state index contributed by atoms with van der Waals surface area (Å²) in [4.78, 5) is 14.0. The molecular formula is C6H2AuCl3NO2. The van der Waals surface area contributed by atoms with Crippen LogP contribution in [0.2, 0.25) is 15.3 Å². The summed E-state index contributed by atoms with van der Waals surface area (Å²) in [5.41, 5.74) is -0.161. The van der Waals surface area contributed by atoms with Crippen LogP contribution in [-0.2, 0) is 22.4 Å². The number of hydrogen-bond acceptors (Lipinski definition) is 2. The molecule has 1 N–H and O–H groups in total. The van der Waals surface area contributed by atoms with Gasteiger partial charge in [0.15, 0.2) is 0 Å². The smallest absolute Gasteiger partial charge is 0.338 e. The molecule has 0 saturated carbocycles. The number of halogens is 3. The Morgan fingerprint density at radius 2 is 1.85 bits per heavy atom. The van der Waals surface area contributed by atoms with Crippen molar-refractivity contribution in [3.05, 3.63) is 27.0 Å². The average molecular weight is 423 g/mol. The van der Waals surface area contributed by atoms with Gasteiger partial charge in [-0.1, -0.05) is 34.8 Å². The van der Waals surface area contributed by atoms with Gasteiger partial charge in [-0.15, -0.1) is 0 Å². The molecule has 0 atom stereocenters. The van der Waals surface area contributed by atoms with Crippen LogP contribution in [0.25, 0.3) is 0 Å². The zero-order valence-electron chi connectivity index (χ0n) is 5.82. The van der Waals surface area contributed by atoms with Gasteiger partial charge in [0.1, 0.15) is 10.3 Å². The molecular weight excluding hydrogens is 421 g/mol. The monoisotopic (exact) mass is 422 g/mol. The van der Waals surface area contributed by atoms with Gasteiger partial charge >= 0.3 is 5.97 Å². The summed E-state index contributed by atoms with van der Waals surface area (Å²) >= 11 is 16.4. The Hall–Kier alpha value is 0.230. The summed E-state index contributed by atoms with van der Waals surface area (Å²) in [6.07, 6.45) is 0. The van der Waals surface area contributed by atoms with E-state index in [2.05, 4.69) is 4.98 Å². The maximum absolute atomic E-state index is 10.5. The SMILES string of the molecule is O=C(O)c1cc(Cl)c(Cl)nc1Cl.[Au]. The summed E-state index contributed by atoms with van der Waals surface area (Å²) < 4.78 is 0. The molecule has 0 amide bonds. The molecule has 0 aliphatic heterocycles. The fourth-order valence-electron chi connectivity index (χ4n) is 0.596. The Balaban J connectivity index is 0.00000144. The van der Waals surface area contributed by atoms with Crippen molar-refractivity contribution in [1.82, 2.24) is 4.98 Å². The molecule has 1 rings (SSSR count). The van der Waals surface area contributed by atoms with Gasteiger partial charge in [-0.25, -0.2) is 9.78 Å². The van der Waals surface area contributed by atoms with E-state index in [0.717, 1.165) is 6.07 Å². The minimum Gasteiger partial charge on any atom is -0.478 e. The summed E-state index contributed by atoms with van der Waals surface area (Å²) in [6.45, 7) is 0. The number of pyridine rings is 1. The van der Waals surface area contributed by atoms with E-state index in [9.17, 15) is 4.79 Å². The predicted octanol–water partition coefficient (Wildman–Crippen LogP) is 2.74. The second kappa shape index (κ2) is 5.20. The van der Waals surface area contributed by atoms with Crippen molar-refractivity contribution in [1.29, 1.82) is 0 Å². The maximum atomic E-state index is 10.5. The molecule has 75 valence electrons. The van der Waals surface area contributed by atoms with Crippen molar-refractivity contribution in [3.8, 4) is 0 Å². The Bertz CT molecular complexity index is 345. The number of aromatic nitrogens is 1. The van der Waals surface area contributed by atoms with Gasteiger partial charge in [-0.2, -0.15) is 0 Å². The summed E-state index contributed by atoms with van der Waals surface area (Å²) in [6, 6.07) is 1.15. The van der Waals surface area contributed by atoms with Crippen molar-refractivity contribution in [2.24, 2.45) is 0 Å². The van der Waals surface area contributed by atoms with Crippen molar-refractivity contribution in [2.45, 2.75) is 0 Å². The Labute approximate surface area is 105 Å². The van der Waals surface area contributed by atoms with Crippen molar-refractivity contribution in [3.63, 3.8) is 0 Å². The molecule has 0 bridgehead atoms. The first-order valence-electron chi connectivity index (χ1n) is 2.77. The van der Waals surface area contributed by atoms with Gasteiger partial charge in [0.05, 0.1) is 10.6 Å². The van der Waals surface area contributed by atoms with Crippen LogP contribution >= 0.6 is 34.8 Å². The third-order valence-corrected chi connectivity index (χ3v) is 2.08. The second-order valence-electron chi connectivity index (χ2n) is 1.90.